The molecule has 3 aromatic carbocycles. The monoisotopic (exact) mass is 568 g/mol. The van der Waals surface area contributed by atoms with Crippen molar-refractivity contribution in [3.8, 4) is 11.4 Å². The van der Waals surface area contributed by atoms with Crippen LogP contribution in [0.1, 0.15) is 38.0 Å². The highest BCUT2D eigenvalue weighted by Gasteiger charge is 2.35. The van der Waals surface area contributed by atoms with Crippen molar-refractivity contribution in [2.45, 2.75) is 19.7 Å². The van der Waals surface area contributed by atoms with Crippen LogP contribution < -0.4 is 9.64 Å². The molecular formula is C28H20F4N4O5. The third kappa shape index (κ3) is 5.60. The number of carboxylic acid groups (broad SMARTS) is 1. The Morgan fingerprint density at radius 3 is 2.46 bits per heavy atom. The van der Waals surface area contributed by atoms with Crippen molar-refractivity contribution in [3.63, 3.8) is 0 Å². The van der Waals surface area contributed by atoms with Gasteiger partial charge in [-0.1, -0.05) is 6.07 Å². The van der Waals surface area contributed by atoms with Crippen LogP contribution in [0, 0.1) is 12.7 Å². The number of rotatable bonds is 7. The fourth-order valence-corrected chi connectivity index (χ4v) is 4.12. The number of halogens is 4. The molecule has 2 heterocycles. The van der Waals surface area contributed by atoms with Gasteiger partial charge >= 0.3 is 12.1 Å². The highest BCUT2D eigenvalue weighted by Crippen LogP contribution is 2.31. The number of benzene rings is 3. The summed E-state index contributed by atoms with van der Waals surface area (Å²) in [4.78, 5) is 29.5. The number of aromatic nitrogens is 3. The van der Waals surface area contributed by atoms with Crippen LogP contribution in [-0.4, -0.2) is 38.8 Å². The molecule has 0 aliphatic carbocycles. The Kier molecular flexibility index (Phi) is 6.95. The number of carbonyl (C=O) groups excluding carboxylic acids is 1. The van der Waals surface area contributed by atoms with Crippen LogP contribution in [0.3, 0.4) is 0 Å². The van der Waals surface area contributed by atoms with Gasteiger partial charge < -0.3 is 19.2 Å². The highest BCUT2D eigenvalue weighted by molar-refractivity contribution is 6.06. The van der Waals surface area contributed by atoms with Gasteiger partial charge in [0, 0.05) is 31.7 Å². The summed E-state index contributed by atoms with van der Waals surface area (Å²) in [6.45, 7) is 1.25. The van der Waals surface area contributed by atoms with Crippen LogP contribution >= 0.6 is 0 Å². The van der Waals surface area contributed by atoms with E-state index >= 15 is 0 Å². The summed E-state index contributed by atoms with van der Waals surface area (Å²) in [5, 5.41) is 12.7. The number of amides is 1. The first-order valence-corrected chi connectivity index (χ1v) is 12.0. The molecule has 41 heavy (non-hydrogen) atoms. The second kappa shape index (κ2) is 10.4. The molecule has 0 radical (unpaired) electrons. The van der Waals surface area contributed by atoms with Gasteiger partial charge in [0.2, 0.25) is 0 Å². The molecule has 1 amide bonds. The van der Waals surface area contributed by atoms with Crippen LogP contribution in [0.15, 0.2) is 71.1 Å². The number of hydrogen-bond donors (Lipinski definition) is 1. The number of nitrogens with zero attached hydrogens (tertiary/aromatic N) is 4. The molecule has 0 saturated carbocycles. The van der Waals surface area contributed by atoms with Gasteiger partial charge in [-0.05, 0) is 48.5 Å². The van der Waals surface area contributed by atoms with Crippen molar-refractivity contribution >= 4 is 28.7 Å². The number of anilines is 1. The fraction of sp³-hybridized carbons (Fsp3) is 0.143. The van der Waals surface area contributed by atoms with Gasteiger partial charge in [0.15, 0.2) is 17.2 Å². The molecule has 0 spiro atoms. The largest absolute Gasteiger partial charge is 0.487 e. The zero-order valence-corrected chi connectivity index (χ0v) is 21.4. The van der Waals surface area contributed by atoms with E-state index in [-0.39, 0.29) is 46.1 Å². The lowest BCUT2D eigenvalue weighted by Crippen LogP contribution is -2.27. The molecule has 0 atom stereocenters. The first-order valence-electron chi connectivity index (χ1n) is 12.0. The number of aromatic carboxylic acids is 1. The molecule has 0 aliphatic heterocycles. The summed E-state index contributed by atoms with van der Waals surface area (Å²) in [6, 6.07) is 14.3. The maximum Gasteiger partial charge on any atom is 0.435 e. The van der Waals surface area contributed by atoms with Crippen LogP contribution in [0.4, 0.5) is 23.2 Å². The number of aryl methyl sites for hydroxylation is 1. The lowest BCUT2D eigenvalue weighted by atomic mass is 10.1. The normalized spacial score (nSPS) is 11.6. The van der Waals surface area contributed by atoms with Crippen molar-refractivity contribution < 1.29 is 41.4 Å². The van der Waals surface area contributed by atoms with Crippen LogP contribution in [0.25, 0.3) is 16.8 Å². The molecule has 0 bridgehead atoms. The zero-order chi connectivity index (χ0) is 29.5. The second-order valence-electron chi connectivity index (χ2n) is 8.97. The van der Waals surface area contributed by atoms with E-state index in [2.05, 4.69) is 10.1 Å². The Balaban J connectivity index is 1.45. The predicted octanol–water partition coefficient (Wildman–Crippen LogP) is 6.03. The van der Waals surface area contributed by atoms with Crippen molar-refractivity contribution in [1.29, 1.82) is 0 Å². The minimum absolute atomic E-state index is 0.00905. The number of hydrogen-bond acceptors (Lipinski definition) is 6. The second-order valence-corrected chi connectivity index (χ2v) is 8.97. The zero-order valence-electron chi connectivity index (χ0n) is 21.4. The van der Waals surface area contributed by atoms with Gasteiger partial charge in [0.1, 0.15) is 23.7 Å². The van der Waals surface area contributed by atoms with Crippen LogP contribution in [0.5, 0.6) is 5.75 Å². The predicted molar refractivity (Wildman–Crippen MR) is 138 cm³/mol. The lowest BCUT2D eigenvalue weighted by molar-refractivity contribution is -0.141. The number of ether oxygens (including phenoxy) is 1. The number of carbonyl (C=O) groups is 2. The lowest BCUT2D eigenvalue weighted by Gasteiger charge is -2.18. The van der Waals surface area contributed by atoms with E-state index in [4.69, 9.17) is 14.3 Å². The first kappa shape index (κ1) is 27.4. The van der Waals surface area contributed by atoms with Gasteiger partial charge in [-0.2, -0.15) is 18.3 Å². The maximum atomic E-state index is 14.8. The molecule has 1 N–H and O–H groups in total. The topological polar surface area (TPSA) is 111 Å². The van der Waals surface area contributed by atoms with E-state index in [9.17, 15) is 27.2 Å². The van der Waals surface area contributed by atoms with Crippen molar-refractivity contribution in [2.24, 2.45) is 0 Å². The summed E-state index contributed by atoms with van der Waals surface area (Å²) in [7, 11) is 1.35. The minimum atomic E-state index is -4.76. The smallest absolute Gasteiger partial charge is 0.435 e. The van der Waals surface area contributed by atoms with Crippen LogP contribution in [0.2, 0.25) is 0 Å². The Bertz CT molecular complexity index is 1780. The van der Waals surface area contributed by atoms with Crippen molar-refractivity contribution in [3.05, 3.63) is 101 Å². The summed E-state index contributed by atoms with van der Waals surface area (Å²) < 4.78 is 67.5. The molecule has 0 saturated heterocycles. The number of oxazole rings is 1. The molecule has 0 fully saturated rings. The molecule has 9 nitrogen and oxygen atoms in total. The molecule has 13 heteroatoms. The molecule has 210 valence electrons. The highest BCUT2D eigenvalue weighted by atomic mass is 19.4. The number of alkyl halides is 3. The Morgan fingerprint density at radius 1 is 1.05 bits per heavy atom. The summed E-state index contributed by atoms with van der Waals surface area (Å²) in [6.07, 6.45) is -4.76. The van der Waals surface area contributed by atoms with Gasteiger partial charge in [-0.25, -0.2) is 18.9 Å². The van der Waals surface area contributed by atoms with E-state index < -0.39 is 29.6 Å². The van der Waals surface area contributed by atoms with E-state index in [1.165, 1.54) is 61.6 Å². The Hall–Kier alpha value is -5.20. The Labute approximate surface area is 229 Å². The maximum absolute atomic E-state index is 14.8. The van der Waals surface area contributed by atoms with Gasteiger partial charge in [-0.3, -0.25) is 4.79 Å². The summed E-state index contributed by atoms with van der Waals surface area (Å²) in [5.74, 6) is -1.94. The van der Waals surface area contributed by atoms with E-state index in [1.807, 2.05) is 0 Å². The van der Waals surface area contributed by atoms with Crippen molar-refractivity contribution in [1.82, 2.24) is 14.8 Å². The third-order valence-corrected chi connectivity index (χ3v) is 6.13. The van der Waals surface area contributed by atoms with Crippen LogP contribution in [-0.2, 0) is 12.8 Å². The molecule has 0 unspecified atom stereocenters. The van der Waals surface area contributed by atoms with E-state index in [1.54, 1.807) is 6.92 Å². The minimum Gasteiger partial charge on any atom is -0.487 e. The quantitative estimate of drug-likeness (QED) is 0.239. The first-order chi connectivity index (χ1) is 19.4. The van der Waals surface area contributed by atoms with Gasteiger partial charge in [0.25, 0.3) is 5.91 Å². The Morgan fingerprint density at radius 2 is 1.78 bits per heavy atom. The van der Waals surface area contributed by atoms with E-state index in [0.717, 1.165) is 21.7 Å². The molecule has 0 aliphatic rings. The molecule has 2 aromatic heterocycles. The molecule has 5 rings (SSSR count). The fourth-order valence-electron chi connectivity index (χ4n) is 4.12. The summed E-state index contributed by atoms with van der Waals surface area (Å²) >= 11 is 0. The molecular weight excluding hydrogens is 548 g/mol. The average molecular weight is 568 g/mol. The average Bonchev–Trinajstić information content (AvgIpc) is 3.53. The van der Waals surface area contributed by atoms with Gasteiger partial charge in [0.05, 0.1) is 22.6 Å². The number of carboxylic acids is 1. The SMILES string of the molecule is Cc1nc2cc(F)c(N(C)C(=O)c3cccc(-n4nc(C(F)(F)F)cc4COc4ccc(C(=O)O)cc4)c3)cc2o1. The molecule has 5 aromatic rings. The van der Waals surface area contributed by atoms with Crippen molar-refractivity contribution in [2.75, 3.05) is 11.9 Å². The van der Waals surface area contributed by atoms with E-state index in [0.29, 0.717) is 11.4 Å². The van der Waals surface area contributed by atoms with Gasteiger partial charge in [-0.15, -0.1) is 0 Å². The standard InChI is InChI=1S/C28H20F4N4O5/c1-15-33-22-12-21(29)23(13-24(22)41-15)35(2)26(37)17-4-3-5-18(10-17)36-19(11-25(34-36)28(30,31)32)14-40-20-8-6-16(7-9-20)27(38)39/h3-13H,14H2,1-2H3,(H,38,39). The summed E-state index contributed by atoms with van der Waals surface area (Å²) in [5.41, 5.74) is -0.475. The third-order valence-electron chi connectivity index (χ3n) is 6.13. The number of fused-ring (bicyclic) bond motifs is 1.